The van der Waals surface area contributed by atoms with E-state index in [4.69, 9.17) is 9.26 Å². The maximum absolute atomic E-state index is 14.4. The Morgan fingerprint density at radius 3 is 2.56 bits per heavy atom. The van der Waals surface area contributed by atoms with Crippen LogP contribution in [0.4, 0.5) is 17.6 Å². The fourth-order valence-electron chi connectivity index (χ4n) is 6.99. The van der Waals surface area contributed by atoms with Crippen molar-refractivity contribution in [3.8, 4) is 5.88 Å². The number of nitrogens with zero attached hydrogens (tertiary/aromatic N) is 4. The van der Waals surface area contributed by atoms with Gasteiger partial charge in [0, 0.05) is 24.5 Å². The second-order valence-electron chi connectivity index (χ2n) is 14.4. The highest BCUT2D eigenvalue weighted by Crippen LogP contribution is 2.46. The third-order valence-corrected chi connectivity index (χ3v) is 12.0. The quantitative estimate of drug-likeness (QED) is 0.234. The Morgan fingerprint density at radius 1 is 1.07 bits per heavy atom. The van der Waals surface area contributed by atoms with Gasteiger partial charge in [-0.15, -0.1) is 0 Å². The summed E-state index contributed by atoms with van der Waals surface area (Å²) >= 11 is 0. The number of alkyl halides is 3. The van der Waals surface area contributed by atoms with Crippen LogP contribution in [0.5, 0.6) is 5.88 Å². The second-order valence-corrected chi connectivity index (χ2v) is 16.3. The largest absolute Gasteiger partial charge is 0.471 e. The van der Waals surface area contributed by atoms with Gasteiger partial charge in [-0.3, -0.25) is 23.9 Å². The Morgan fingerprint density at radius 2 is 1.85 bits per heavy atom. The minimum absolute atomic E-state index is 0.0514. The van der Waals surface area contributed by atoms with Gasteiger partial charge in [-0.1, -0.05) is 30.2 Å². The van der Waals surface area contributed by atoms with Crippen molar-refractivity contribution < 1.29 is 54.4 Å². The maximum atomic E-state index is 14.4. The van der Waals surface area contributed by atoms with Crippen LogP contribution in [-0.2, 0) is 30.6 Å². The molecular formula is C35H37F4N7O8S. The molecule has 1 aromatic carbocycles. The third kappa shape index (κ3) is 8.13. The first-order valence-corrected chi connectivity index (χ1v) is 19.4. The van der Waals surface area contributed by atoms with Crippen molar-refractivity contribution >= 4 is 44.7 Å². The lowest BCUT2D eigenvalue weighted by Crippen LogP contribution is -2.58. The fourth-order valence-corrected chi connectivity index (χ4v) is 8.35. The monoisotopic (exact) mass is 791 g/mol. The highest BCUT2D eigenvalue weighted by molar-refractivity contribution is 7.91. The molecule has 15 nitrogen and oxygen atoms in total. The summed E-state index contributed by atoms with van der Waals surface area (Å²) in [6, 6.07) is 1.50. The molecule has 2 aromatic heterocycles. The number of aromatic nitrogens is 3. The SMILES string of the molecule is Cc1cc(C(=O)NC2CCCCCC=CC3CC3(C(=O)NS(=O)(=O)C3CC3)NC(=O)C3CC(Oc4nc5cc(F)ccc5nc4C(F)(F)F)CN3C2=O)no1. The zero-order valence-corrected chi connectivity index (χ0v) is 30.2. The third-order valence-electron chi connectivity index (χ3n) is 10.1. The van der Waals surface area contributed by atoms with Crippen LogP contribution in [-0.4, -0.2) is 87.6 Å². The maximum Gasteiger partial charge on any atom is 0.438 e. The smallest absolute Gasteiger partial charge is 0.438 e. The van der Waals surface area contributed by atoms with Gasteiger partial charge in [-0.25, -0.2) is 22.8 Å². The molecular weight excluding hydrogens is 754 g/mol. The van der Waals surface area contributed by atoms with Crippen LogP contribution < -0.4 is 20.1 Å². The van der Waals surface area contributed by atoms with E-state index in [1.807, 2.05) is 6.08 Å². The summed E-state index contributed by atoms with van der Waals surface area (Å²) in [6.07, 6.45) is 0.0512. The van der Waals surface area contributed by atoms with E-state index in [2.05, 4.69) is 30.5 Å². The van der Waals surface area contributed by atoms with Crippen molar-refractivity contribution in [1.29, 1.82) is 0 Å². The van der Waals surface area contributed by atoms with E-state index in [0.29, 0.717) is 44.3 Å². The normalized spacial score (nSPS) is 26.3. The molecule has 3 aromatic rings. The molecule has 1 saturated heterocycles. The number of hydrogen-bond donors (Lipinski definition) is 3. The topological polar surface area (TPSA) is 203 Å². The minimum Gasteiger partial charge on any atom is -0.471 e. The van der Waals surface area contributed by atoms with Crippen molar-refractivity contribution in [3.05, 3.63) is 59.4 Å². The lowest BCUT2D eigenvalue weighted by atomic mass is 10.0. The Hall–Kier alpha value is -5.14. The first kappa shape index (κ1) is 38.1. The number of rotatable bonds is 7. The molecule has 2 saturated carbocycles. The van der Waals surface area contributed by atoms with Crippen LogP contribution in [0.25, 0.3) is 11.0 Å². The summed E-state index contributed by atoms with van der Waals surface area (Å²) in [4.78, 5) is 64.1. The number of hydrogen-bond acceptors (Lipinski definition) is 11. The first-order chi connectivity index (χ1) is 26.0. The molecule has 3 fully saturated rings. The molecule has 0 bridgehead atoms. The van der Waals surface area contributed by atoms with Gasteiger partial charge >= 0.3 is 6.18 Å². The summed E-state index contributed by atoms with van der Waals surface area (Å²) in [7, 11) is -4.01. The van der Waals surface area contributed by atoms with Crippen LogP contribution in [0, 0.1) is 18.7 Å². The van der Waals surface area contributed by atoms with Crippen molar-refractivity contribution in [1.82, 2.24) is 35.4 Å². The van der Waals surface area contributed by atoms with E-state index in [9.17, 15) is 45.2 Å². The molecule has 4 heterocycles. The summed E-state index contributed by atoms with van der Waals surface area (Å²) in [5.41, 5.74) is -3.81. The molecule has 5 atom stereocenters. The van der Waals surface area contributed by atoms with Gasteiger partial charge in [-0.05, 0) is 57.6 Å². The predicted octanol–water partition coefficient (Wildman–Crippen LogP) is 3.23. The molecule has 0 spiro atoms. The molecule has 0 radical (unpaired) electrons. The van der Waals surface area contributed by atoms with E-state index < -0.39 is 105 Å². The van der Waals surface area contributed by atoms with Crippen LogP contribution in [0.1, 0.15) is 79.7 Å². The van der Waals surface area contributed by atoms with Crippen molar-refractivity contribution in [2.75, 3.05) is 6.54 Å². The van der Waals surface area contributed by atoms with E-state index in [0.717, 1.165) is 23.1 Å². The van der Waals surface area contributed by atoms with Crippen LogP contribution in [0.3, 0.4) is 0 Å². The minimum atomic E-state index is -5.06. The van der Waals surface area contributed by atoms with Gasteiger partial charge in [0.1, 0.15) is 35.3 Å². The Bertz CT molecular complexity index is 2180. The second kappa shape index (κ2) is 14.5. The van der Waals surface area contributed by atoms with E-state index in [1.54, 1.807) is 13.0 Å². The molecule has 2 aliphatic carbocycles. The summed E-state index contributed by atoms with van der Waals surface area (Å²) in [5.74, 6) is -5.40. The van der Waals surface area contributed by atoms with Crippen LogP contribution in [0.2, 0.25) is 0 Å². The fraction of sp³-hybridized carbons (Fsp3) is 0.514. The number of nitrogens with one attached hydrogen (secondary N) is 3. The standard InChI is InChI=1S/C35H37F4N7O8S/c1-18-13-26(44-54-18)29(47)41-24-8-6-4-2-3-5-7-19-16-34(19,33(50)45-55(51,52)22-10-11-22)43-30(48)27-15-21(17-46(27)32(24)49)53-31-28(35(37,38)39)40-23-12-9-20(36)14-25(23)42-31/h5,7,9,12-14,19,21-22,24,27H,2-4,6,8,10-11,15-17H2,1H3,(H,41,47)(H,43,48)(H,45,50). The number of fused-ring (bicyclic) bond motifs is 3. The van der Waals surface area contributed by atoms with Crippen molar-refractivity contribution in [3.63, 3.8) is 0 Å². The zero-order chi connectivity index (χ0) is 39.3. The molecule has 7 rings (SSSR count). The molecule has 3 N–H and O–H groups in total. The van der Waals surface area contributed by atoms with Gasteiger partial charge in [0.05, 0.1) is 22.8 Å². The van der Waals surface area contributed by atoms with Crippen LogP contribution in [0.15, 0.2) is 40.9 Å². The van der Waals surface area contributed by atoms with Crippen molar-refractivity contribution in [2.24, 2.45) is 5.92 Å². The van der Waals surface area contributed by atoms with Gasteiger partial charge in [-0.2, -0.15) is 13.2 Å². The zero-order valence-electron chi connectivity index (χ0n) is 29.4. The number of carbonyl (C=O) groups excluding carboxylic acids is 4. The number of aryl methyl sites for hydroxylation is 1. The van der Waals surface area contributed by atoms with Gasteiger partial charge < -0.3 is 24.8 Å². The average molecular weight is 792 g/mol. The summed E-state index contributed by atoms with van der Waals surface area (Å²) in [6.45, 7) is 1.10. The molecule has 4 aliphatic rings. The Labute approximate surface area is 311 Å². The average Bonchev–Trinajstić information content (AvgIpc) is 4.01. The molecule has 5 unspecified atom stereocenters. The molecule has 2 aliphatic heterocycles. The van der Waals surface area contributed by atoms with E-state index in [-0.39, 0.29) is 29.6 Å². The number of ether oxygens (including phenoxy) is 1. The van der Waals surface area contributed by atoms with Gasteiger partial charge in [0.25, 0.3) is 11.8 Å². The number of amides is 4. The highest BCUT2D eigenvalue weighted by Gasteiger charge is 2.62. The predicted molar refractivity (Wildman–Crippen MR) is 183 cm³/mol. The van der Waals surface area contributed by atoms with E-state index >= 15 is 0 Å². The van der Waals surface area contributed by atoms with Gasteiger partial charge in [0.2, 0.25) is 33.4 Å². The molecule has 4 amide bonds. The number of halogens is 4. The molecule has 20 heteroatoms. The lowest BCUT2D eigenvalue weighted by Gasteiger charge is -2.29. The number of sulfonamides is 1. The molecule has 55 heavy (non-hydrogen) atoms. The Kier molecular flexibility index (Phi) is 10.1. The van der Waals surface area contributed by atoms with Gasteiger partial charge in [0.15, 0.2) is 5.69 Å². The van der Waals surface area contributed by atoms with Crippen LogP contribution >= 0.6 is 0 Å². The summed E-state index contributed by atoms with van der Waals surface area (Å²) in [5, 5.41) is 8.28. The molecule has 294 valence electrons. The van der Waals surface area contributed by atoms with E-state index in [1.165, 1.54) is 6.07 Å². The number of carbonyl (C=O) groups is 4. The first-order valence-electron chi connectivity index (χ1n) is 17.8. The summed E-state index contributed by atoms with van der Waals surface area (Å²) < 4.78 is 95.2. The van der Waals surface area contributed by atoms with Crippen molar-refractivity contribution in [2.45, 2.75) is 99.9 Å². The number of allylic oxidation sites excluding steroid dienone is 1. The Balaban J connectivity index is 1.22. The highest BCUT2D eigenvalue weighted by atomic mass is 32.2. The number of benzene rings is 1. The lowest BCUT2D eigenvalue weighted by molar-refractivity contribution is -0.143.